The van der Waals surface area contributed by atoms with Crippen LogP contribution in [0.3, 0.4) is 0 Å². The first kappa shape index (κ1) is 13.4. The molecule has 1 aromatic carbocycles. The third-order valence-corrected chi connectivity index (χ3v) is 3.30. The zero-order valence-corrected chi connectivity index (χ0v) is 10.6. The second-order valence-electron chi connectivity index (χ2n) is 4.75. The van der Waals surface area contributed by atoms with E-state index in [2.05, 4.69) is 10.6 Å². The Morgan fingerprint density at radius 1 is 1.37 bits per heavy atom. The normalized spacial score (nSPS) is 22.3. The lowest BCUT2D eigenvalue weighted by Crippen LogP contribution is -2.46. The van der Waals surface area contributed by atoms with Gasteiger partial charge in [0.2, 0.25) is 0 Å². The van der Waals surface area contributed by atoms with Crippen molar-refractivity contribution in [2.24, 2.45) is 0 Å². The molecule has 19 heavy (non-hydrogen) atoms. The van der Waals surface area contributed by atoms with Crippen LogP contribution in [0, 0.1) is 11.3 Å². The van der Waals surface area contributed by atoms with Gasteiger partial charge in [-0.3, -0.25) is 0 Å². The molecule has 0 aromatic heterocycles. The van der Waals surface area contributed by atoms with Gasteiger partial charge in [0.25, 0.3) is 0 Å². The number of hydrogen-bond donors (Lipinski definition) is 3. The highest BCUT2D eigenvalue weighted by molar-refractivity contribution is 5.89. The average Bonchev–Trinajstić information content (AvgIpc) is 2.41. The van der Waals surface area contributed by atoms with Crippen molar-refractivity contribution in [2.75, 3.05) is 5.32 Å². The quantitative estimate of drug-likeness (QED) is 0.759. The van der Waals surface area contributed by atoms with Crippen LogP contribution >= 0.6 is 0 Å². The molecular weight excluding hydrogens is 242 g/mol. The number of nitriles is 1. The largest absolute Gasteiger partial charge is 0.391 e. The molecule has 2 atom stereocenters. The van der Waals surface area contributed by atoms with Crippen molar-refractivity contribution in [1.29, 1.82) is 5.26 Å². The molecular formula is C14H17N3O2. The Balaban J connectivity index is 1.91. The van der Waals surface area contributed by atoms with E-state index in [1.54, 1.807) is 24.3 Å². The third-order valence-electron chi connectivity index (χ3n) is 3.30. The molecule has 0 heterocycles. The summed E-state index contributed by atoms with van der Waals surface area (Å²) in [6.07, 6.45) is 3.09. The number of amides is 2. The summed E-state index contributed by atoms with van der Waals surface area (Å²) >= 11 is 0. The van der Waals surface area contributed by atoms with E-state index in [-0.39, 0.29) is 12.1 Å². The number of anilines is 1. The Bertz CT molecular complexity index is 496. The molecule has 1 aliphatic carbocycles. The second-order valence-corrected chi connectivity index (χ2v) is 4.75. The maximum atomic E-state index is 11.8. The van der Waals surface area contributed by atoms with E-state index in [1.807, 2.05) is 6.07 Å². The molecule has 0 spiro atoms. The molecule has 0 aliphatic heterocycles. The first-order valence-electron chi connectivity index (χ1n) is 6.45. The molecule has 0 saturated heterocycles. The molecule has 3 N–H and O–H groups in total. The first-order valence-corrected chi connectivity index (χ1v) is 6.45. The standard InChI is InChI=1S/C14H17N3O2/c15-9-10-4-3-5-11(8-10)16-14(19)17-12-6-1-2-7-13(12)18/h3-5,8,12-13,18H,1-2,6-7H2,(H2,16,17,19). The summed E-state index contributed by atoms with van der Waals surface area (Å²) in [5, 5.41) is 24.0. The lowest BCUT2D eigenvalue weighted by molar-refractivity contribution is 0.0955. The number of aliphatic hydroxyl groups excluding tert-OH is 1. The molecule has 2 amide bonds. The number of benzene rings is 1. The molecule has 1 saturated carbocycles. The predicted molar refractivity (Wildman–Crippen MR) is 71.6 cm³/mol. The fraction of sp³-hybridized carbons (Fsp3) is 0.429. The van der Waals surface area contributed by atoms with Crippen molar-refractivity contribution in [1.82, 2.24) is 5.32 Å². The molecule has 5 heteroatoms. The Morgan fingerprint density at radius 2 is 2.16 bits per heavy atom. The molecule has 5 nitrogen and oxygen atoms in total. The fourth-order valence-corrected chi connectivity index (χ4v) is 2.28. The summed E-state index contributed by atoms with van der Waals surface area (Å²) in [5.74, 6) is 0. The number of urea groups is 1. The summed E-state index contributed by atoms with van der Waals surface area (Å²) in [5.41, 5.74) is 1.07. The molecule has 2 rings (SSSR count). The van der Waals surface area contributed by atoms with E-state index in [4.69, 9.17) is 5.26 Å². The van der Waals surface area contributed by atoms with Crippen LogP contribution < -0.4 is 10.6 Å². The Labute approximate surface area is 112 Å². The van der Waals surface area contributed by atoms with Gasteiger partial charge in [-0.1, -0.05) is 18.9 Å². The summed E-state index contributed by atoms with van der Waals surface area (Å²) in [6.45, 7) is 0. The zero-order chi connectivity index (χ0) is 13.7. The van der Waals surface area contributed by atoms with E-state index in [1.165, 1.54) is 0 Å². The maximum Gasteiger partial charge on any atom is 0.319 e. The SMILES string of the molecule is N#Cc1cccc(NC(=O)NC2CCCCC2O)c1. The first-order chi connectivity index (χ1) is 9.19. The van der Waals surface area contributed by atoms with Gasteiger partial charge in [0.1, 0.15) is 0 Å². The molecule has 1 fully saturated rings. The van der Waals surface area contributed by atoms with E-state index in [9.17, 15) is 9.90 Å². The molecule has 1 aliphatic rings. The Kier molecular flexibility index (Phi) is 4.37. The van der Waals surface area contributed by atoms with E-state index >= 15 is 0 Å². The van der Waals surface area contributed by atoms with Crippen molar-refractivity contribution in [3.8, 4) is 6.07 Å². The van der Waals surface area contributed by atoms with Crippen molar-refractivity contribution >= 4 is 11.7 Å². The van der Waals surface area contributed by atoms with Crippen LogP contribution in [0.5, 0.6) is 0 Å². The number of aliphatic hydroxyl groups is 1. The van der Waals surface area contributed by atoms with Crippen molar-refractivity contribution < 1.29 is 9.90 Å². The average molecular weight is 259 g/mol. The highest BCUT2D eigenvalue weighted by atomic mass is 16.3. The van der Waals surface area contributed by atoms with Gasteiger partial charge in [-0.05, 0) is 31.0 Å². The van der Waals surface area contributed by atoms with Crippen LogP contribution in [0.1, 0.15) is 31.2 Å². The number of hydrogen-bond acceptors (Lipinski definition) is 3. The van der Waals surface area contributed by atoms with Gasteiger partial charge in [-0.25, -0.2) is 4.79 Å². The third kappa shape index (κ3) is 3.70. The van der Waals surface area contributed by atoms with Crippen LogP contribution in [0.2, 0.25) is 0 Å². The number of nitrogens with one attached hydrogen (secondary N) is 2. The van der Waals surface area contributed by atoms with E-state index in [0.717, 1.165) is 25.7 Å². The van der Waals surface area contributed by atoms with Gasteiger partial charge >= 0.3 is 6.03 Å². The number of carbonyl (C=O) groups is 1. The monoisotopic (exact) mass is 259 g/mol. The molecule has 0 radical (unpaired) electrons. The lowest BCUT2D eigenvalue weighted by Gasteiger charge is -2.28. The summed E-state index contributed by atoms with van der Waals surface area (Å²) < 4.78 is 0. The van der Waals surface area contributed by atoms with Gasteiger partial charge in [-0.2, -0.15) is 5.26 Å². The lowest BCUT2D eigenvalue weighted by atomic mass is 9.93. The van der Waals surface area contributed by atoms with Gasteiger partial charge < -0.3 is 15.7 Å². The predicted octanol–water partition coefficient (Wildman–Crippen LogP) is 1.98. The van der Waals surface area contributed by atoms with Gasteiger partial charge in [0.05, 0.1) is 23.8 Å². The fourth-order valence-electron chi connectivity index (χ4n) is 2.28. The number of rotatable bonds is 2. The highest BCUT2D eigenvalue weighted by Gasteiger charge is 2.24. The summed E-state index contributed by atoms with van der Waals surface area (Å²) in [6, 6.07) is 8.20. The van der Waals surface area contributed by atoms with Crippen LogP contribution in [-0.2, 0) is 0 Å². The minimum atomic E-state index is -0.468. The number of nitrogens with zero attached hydrogens (tertiary/aromatic N) is 1. The van der Waals surface area contributed by atoms with Crippen molar-refractivity contribution in [3.05, 3.63) is 29.8 Å². The number of carbonyl (C=O) groups excluding carboxylic acids is 1. The topological polar surface area (TPSA) is 85.2 Å². The van der Waals surface area contributed by atoms with Gasteiger partial charge in [-0.15, -0.1) is 0 Å². The Hall–Kier alpha value is -2.06. The molecule has 1 aromatic rings. The van der Waals surface area contributed by atoms with E-state index in [0.29, 0.717) is 11.3 Å². The second kappa shape index (κ2) is 6.21. The zero-order valence-electron chi connectivity index (χ0n) is 10.6. The van der Waals surface area contributed by atoms with Gasteiger partial charge in [0, 0.05) is 5.69 Å². The summed E-state index contributed by atoms with van der Waals surface area (Å²) in [7, 11) is 0. The van der Waals surface area contributed by atoms with Crippen LogP contribution in [-0.4, -0.2) is 23.3 Å². The Morgan fingerprint density at radius 3 is 2.89 bits per heavy atom. The van der Waals surface area contributed by atoms with Gasteiger partial charge in [0.15, 0.2) is 0 Å². The summed E-state index contributed by atoms with van der Waals surface area (Å²) in [4.78, 5) is 11.8. The van der Waals surface area contributed by atoms with Crippen molar-refractivity contribution in [2.45, 2.75) is 37.8 Å². The highest BCUT2D eigenvalue weighted by Crippen LogP contribution is 2.18. The van der Waals surface area contributed by atoms with Crippen LogP contribution in [0.15, 0.2) is 24.3 Å². The minimum Gasteiger partial charge on any atom is -0.391 e. The molecule has 2 unspecified atom stereocenters. The molecule has 0 bridgehead atoms. The van der Waals surface area contributed by atoms with Crippen LogP contribution in [0.25, 0.3) is 0 Å². The van der Waals surface area contributed by atoms with E-state index < -0.39 is 6.10 Å². The minimum absolute atomic E-state index is 0.187. The van der Waals surface area contributed by atoms with Crippen LogP contribution in [0.4, 0.5) is 10.5 Å². The smallest absolute Gasteiger partial charge is 0.319 e. The van der Waals surface area contributed by atoms with Crippen molar-refractivity contribution in [3.63, 3.8) is 0 Å². The molecule has 100 valence electrons. The maximum absolute atomic E-state index is 11.8.